The van der Waals surface area contributed by atoms with Crippen molar-refractivity contribution in [2.45, 2.75) is 51.1 Å². The van der Waals surface area contributed by atoms with E-state index in [0.717, 1.165) is 50.3 Å². The largest absolute Gasteiger partial charge is 0.348 e. The van der Waals surface area contributed by atoms with E-state index in [9.17, 15) is 9.59 Å². The molecule has 7 nitrogen and oxygen atoms in total. The zero-order valence-corrected chi connectivity index (χ0v) is 17.3. The van der Waals surface area contributed by atoms with Crippen molar-refractivity contribution < 1.29 is 4.79 Å². The number of aromatic nitrogens is 3. The molecule has 1 aliphatic carbocycles. The van der Waals surface area contributed by atoms with E-state index in [1.165, 1.54) is 18.4 Å². The highest BCUT2D eigenvalue weighted by atomic mass is 16.2. The molecule has 0 radical (unpaired) electrons. The summed E-state index contributed by atoms with van der Waals surface area (Å²) in [5.41, 5.74) is 3.59. The maximum atomic E-state index is 13.1. The number of amides is 1. The third kappa shape index (κ3) is 3.86. The molecule has 0 unspecified atom stereocenters. The Morgan fingerprint density at radius 3 is 2.93 bits per heavy atom. The van der Waals surface area contributed by atoms with E-state index in [4.69, 9.17) is 0 Å². The molecule has 1 saturated heterocycles. The normalized spacial score (nSPS) is 23.5. The van der Waals surface area contributed by atoms with Crippen LogP contribution in [0.4, 0.5) is 0 Å². The zero-order chi connectivity index (χ0) is 20.5. The van der Waals surface area contributed by atoms with Gasteiger partial charge in [0, 0.05) is 56.2 Å². The Morgan fingerprint density at radius 1 is 1.20 bits per heavy atom. The Kier molecular flexibility index (Phi) is 5.29. The van der Waals surface area contributed by atoms with E-state index < -0.39 is 0 Å². The van der Waals surface area contributed by atoms with E-state index in [-0.39, 0.29) is 17.0 Å². The number of hydrogen-bond donors (Lipinski definition) is 2. The molecule has 5 rings (SSSR count). The maximum absolute atomic E-state index is 13.1. The van der Waals surface area contributed by atoms with Crippen LogP contribution >= 0.6 is 0 Å². The fraction of sp³-hybridized carbons (Fsp3) is 0.522. The highest BCUT2D eigenvalue weighted by Crippen LogP contribution is 2.35. The summed E-state index contributed by atoms with van der Waals surface area (Å²) in [6.45, 7) is 3.98. The molecule has 2 aromatic heterocycles. The lowest BCUT2D eigenvalue weighted by Crippen LogP contribution is -2.47. The summed E-state index contributed by atoms with van der Waals surface area (Å²) in [4.78, 5) is 28.3. The number of carbonyl (C=O) groups excluding carboxylic acids is 1. The van der Waals surface area contributed by atoms with Crippen LogP contribution in [0, 0.1) is 5.92 Å². The van der Waals surface area contributed by atoms with Crippen molar-refractivity contribution in [3.05, 3.63) is 63.4 Å². The van der Waals surface area contributed by atoms with Crippen molar-refractivity contribution in [2.24, 2.45) is 5.92 Å². The number of aromatic amines is 1. The number of piperidine rings is 1. The Morgan fingerprint density at radius 2 is 2.13 bits per heavy atom. The van der Waals surface area contributed by atoms with Gasteiger partial charge in [0.2, 0.25) is 0 Å². The predicted octanol–water partition coefficient (Wildman–Crippen LogP) is 2.42. The Hall–Kier alpha value is -2.67. The monoisotopic (exact) mass is 407 g/mol. The number of pyridine rings is 1. The molecular formula is C23H29N5O2. The lowest BCUT2D eigenvalue weighted by Gasteiger charge is -2.42. The van der Waals surface area contributed by atoms with Crippen LogP contribution in [-0.4, -0.2) is 45.2 Å². The zero-order valence-electron chi connectivity index (χ0n) is 17.3. The smallest absolute Gasteiger partial charge is 0.263 e. The molecule has 0 spiro atoms. The minimum absolute atomic E-state index is 0.139. The van der Waals surface area contributed by atoms with Gasteiger partial charge in [-0.15, -0.1) is 0 Å². The molecule has 1 amide bonds. The molecule has 3 aliphatic rings. The molecular weight excluding hydrogens is 378 g/mol. The van der Waals surface area contributed by atoms with Gasteiger partial charge in [0.15, 0.2) is 0 Å². The molecule has 2 bridgehead atoms. The van der Waals surface area contributed by atoms with E-state index in [1.807, 2.05) is 16.7 Å². The second-order valence-corrected chi connectivity index (χ2v) is 8.95. The average molecular weight is 408 g/mol. The van der Waals surface area contributed by atoms with Gasteiger partial charge in [-0.2, -0.15) is 5.10 Å². The molecule has 2 atom stereocenters. The Balaban J connectivity index is 1.31. The van der Waals surface area contributed by atoms with Crippen LogP contribution in [0.5, 0.6) is 0 Å². The van der Waals surface area contributed by atoms with Gasteiger partial charge in [0.05, 0.1) is 0 Å². The van der Waals surface area contributed by atoms with Crippen molar-refractivity contribution in [1.29, 1.82) is 0 Å². The summed E-state index contributed by atoms with van der Waals surface area (Å²) >= 11 is 0. The van der Waals surface area contributed by atoms with Crippen LogP contribution in [0.1, 0.15) is 59.8 Å². The van der Waals surface area contributed by atoms with Gasteiger partial charge in [-0.05, 0) is 56.2 Å². The fourth-order valence-corrected chi connectivity index (χ4v) is 5.31. The van der Waals surface area contributed by atoms with E-state index in [2.05, 4.69) is 26.5 Å². The first-order chi connectivity index (χ1) is 14.7. The van der Waals surface area contributed by atoms with Crippen LogP contribution in [0.15, 0.2) is 40.8 Å². The molecule has 0 saturated carbocycles. The number of nitrogens with zero attached hydrogens (tertiary/aromatic N) is 3. The average Bonchev–Trinajstić information content (AvgIpc) is 3.26. The number of nitrogens with one attached hydrogen (secondary N) is 2. The first kappa shape index (κ1) is 19.3. The summed E-state index contributed by atoms with van der Waals surface area (Å²) in [6, 6.07) is 5.74. The van der Waals surface area contributed by atoms with Gasteiger partial charge in [0.25, 0.3) is 11.5 Å². The highest BCUT2D eigenvalue weighted by molar-refractivity contribution is 5.94. The number of likely N-dealkylation sites (tertiary alicyclic amines) is 1. The molecule has 2 aromatic rings. The van der Waals surface area contributed by atoms with Gasteiger partial charge in [-0.3, -0.25) is 19.6 Å². The topological polar surface area (TPSA) is 83.0 Å². The third-order valence-corrected chi connectivity index (χ3v) is 6.74. The number of H-pyrrole nitrogens is 1. The van der Waals surface area contributed by atoms with E-state index in [1.54, 1.807) is 12.3 Å². The van der Waals surface area contributed by atoms with Crippen LogP contribution in [0.3, 0.4) is 0 Å². The second-order valence-electron chi connectivity index (χ2n) is 8.95. The highest BCUT2D eigenvalue weighted by Gasteiger charge is 2.35. The van der Waals surface area contributed by atoms with Crippen molar-refractivity contribution in [2.75, 3.05) is 19.6 Å². The molecule has 1 fully saturated rings. The molecule has 2 aliphatic heterocycles. The predicted molar refractivity (Wildman–Crippen MR) is 114 cm³/mol. The van der Waals surface area contributed by atoms with Crippen LogP contribution < -0.4 is 10.9 Å². The molecule has 30 heavy (non-hydrogen) atoms. The van der Waals surface area contributed by atoms with Crippen LogP contribution in [0.25, 0.3) is 0 Å². The molecule has 0 aromatic carbocycles. The van der Waals surface area contributed by atoms with Crippen molar-refractivity contribution in [3.8, 4) is 0 Å². The first-order valence-corrected chi connectivity index (χ1v) is 11.1. The molecule has 7 heteroatoms. The third-order valence-electron chi connectivity index (χ3n) is 6.74. The van der Waals surface area contributed by atoms with Crippen molar-refractivity contribution in [1.82, 2.24) is 25.0 Å². The summed E-state index contributed by atoms with van der Waals surface area (Å²) in [6.07, 6.45) is 9.66. The lowest BCUT2D eigenvalue weighted by atomic mass is 9.83. The van der Waals surface area contributed by atoms with Crippen molar-refractivity contribution in [3.63, 3.8) is 0 Å². The second kappa shape index (κ2) is 8.22. The number of fused-ring (bicyclic) bond motifs is 4. The minimum Gasteiger partial charge on any atom is -0.348 e. The number of rotatable bonds is 5. The number of hydrogen-bond acceptors (Lipinski definition) is 4. The van der Waals surface area contributed by atoms with Crippen LogP contribution in [-0.2, 0) is 13.1 Å². The Labute approximate surface area is 176 Å². The first-order valence-electron chi connectivity index (χ1n) is 11.1. The van der Waals surface area contributed by atoms with E-state index in [0.29, 0.717) is 24.9 Å². The van der Waals surface area contributed by atoms with Gasteiger partial charge in [-0.25, -0.2) is 0 Å². The minimum atomic E-state index is -0.252. The fourth-order valence-electron chi connectivity index (χ4n) is 5.31. The summed E-state index contributed by atoms with van der Waals surface area (Å²) in [5, 5.41) is 10.0. The van der Waals surface area contributed by atoms with Crippen LogP contribution in [0.2, 0.25) is 0 Å². The summed E-state index contributed by atoms with van der Waals surface area (Å²) < 4.78 is 1.86. The Bertz CT molecular complexity index is 1010. The van der Waals surface area contributed by atoms with Gasteiger partial charge < -0.3 is 9.88 Å². The molecule has 4 heterocycles. The van der Waals surface area contributed by atoms with Crippen molar-refractivity contribution >= 4 is 5.91 Å². The standard InChI is InChI=1S/C23H29N5O2/c29-22(24-11-16-4-2-1-3-5-16)20-6-7-21-18-10-17(13-28(21)23(20)30)12-27(14-18)15-19-8-9-25-26-19/h4,6-9,17-18H,1-3,5,10-15H2,(H,24,29)(H,25,26)/t17-,18+/m0/s1. The summed E-state index contributed by atoms with van der Waals surface area (Å²) in [7, 11) is 0. The number of carbonyl (C=O) groups is 1. The number of allylic oxidation sites excluding steroid dienone is 1. The SMILES string of the molecule is O=C(NCC1=CCCCC1)c1ccc2n(c1=O)C[C@H]1C[C@@H]2CN(Cc2ccn[nH]2)C1. The van der Waals surface area contributed by atoms with E-state index >= 15 is 0 Å². The molecule has 158 valence electrons. The maximum Gasteiger partial charge on any atom is 0.263 e. The summed E-state index contributed by atoms with van der Waals surface area (Å²) in [5.74, 6) is 0.513. The van der Waals surface area contributed by atoms with Gasteiger partial charge in [0.1, 0.15) is 5.56 Å². The molecule has 2 N–H and O–H groups in total. The van der Waals surface area contributed by atoms with Gasteiger partial charge >= 0.3 is 0 Å². The van der Waals surface area contributed by atoms with Gasteiger partial charge in [-0.1, -0.05) is 11.6 Å². The lowest BCUT2D eigenvalue weighted by molar-refractivity contribution is 0.0949. The quantitative estimate of drug-likeness (QED) is 0.746.